The highest BCUT2D eigenvalue weighted by Gasteiger charge is 2.45. The lowest BCUT2D eigenvalue weighted by atomic mass is 9.68. The van der Waals surface area contributed by atoms with Crippen molar-refractivity contribution in [2.75, 3.05) is 4.90 Å². The van der Waals surface area contributed by atoms with E-state index in [0.717, 1.165) is 28.3 Å². The molecule has 0 radical (unpaired) electrons. The zero-order chi connectivity index (χ0) is 37.8. The van der Waals surface area contributed by atoms with E-state index in [2.05, 4.69) is 240 Å². The zero-order valence-corrected chi connectivity index (χ0v) is 31.3. The molecule has 268 valence electrons. The van der Waals surface area contributed by atoms with Gasteiger partial charge in [-0.15, -0.1) is 0 Å². The smallest absolute Gasteiger partial charge is 0.0713 e. The Balaban J connectivity index is 1.12. The minimum Gasteiger partial charge on any atom is -0.310 e. The van der Waals surface area contributed by atoms with Crippen LogP contribution in [0.2, 0.25) is 0 Å². The summed E-state index contributed by atoms with van der Waals surface area (Å²) in [6.45, 7) is 0. The molecule has 0 spiro atoms. The number of anilines is 3. The summed E-state index contributed by atoms with van der Waals surface area (Å²) in [4.78, 5) is 2.39. The topological polar surface area (TPSA) is 8.17 Å². The van der Waals surface area contributed by atoms with Gasteiger partial charge in [0.25, 0.3) is 0 Å². The van der Waals surface area contributed by atoms with Crippen molar-refractivity contribution in [3.05, 3.63) is 253 Å². The average molecular weight is 727 g/mol. The second-order valence-electron chi connectivity index (χ2n) is 14.9. The first-order valence-electron chi connectivity index (χ1n) is 19.7. The molecule has 1 aromatic heterocycles. The third kappa shape index (κ3) is 5.11. The van der Waals surface area contributed by atoms with E-state index < -0.39 is 5.41 Å². The fraction of sp³-hybridized carbons (Fsp3) is 0.0182. The van der Waals surface area contributed by atoms with Crippen LogP contribution < -0.4 is 4.90 Å². The summed E-state index contributed by atoms with van der Waals surface area (Å²) in [7, 11) is 0. The van der Waals surface area contributed by atoms with Gasteiger partial charge in [0.05, 0.1) is 16.4 Å². The van der Waals surface area contributed by atoms with Gasteiger partial charge in [-0.3, -0.25) is 0 Å². The molecular weight excluding hydrogens is 689 g/mol. The van der Waals surface area contributed by atoms with Gasteiger partial charge >= 0.3 is 0 Å². The Morgan fingerprint density at radius 2 is 0.860 bits per heavy atom. The van der Waals surface area contributed by atoms with Gasteiger partial charge in [-0.1, -0.05) is 176 Å². The van der Waals surface area contributed by atoms with Gasteiger partial charge in [0.15, 0.2) is 0 Å². The molecule has 0 saturated carbocycles. The van der Waals surface area contributed by atoms with Gasteiger partial charge in [0.1, 0.15) is 0 Å². The van der Waals surface area contributed by atoms with Crippen LogP contribution in [0, 0.1) is 0 Å². The molecule has 1 heterocycles. The van der Waals surface area contributed by atoms with Crippen molar-refractivity contribution in [1.29, 1.82) is 0 Å². The fourth-order valence-corrected chi connectivity index (χ4v) is 9.50. The number of benzene rings is 9. The predicted octanol–water partition coefficient (Wildman–Crippen LogP) is 14.3. The van der Waals surface area contributed by atoms with E-state index in [4.69, 9.17) is 0 Å². The average Bonchev–Trinajstić information content (AvgIpc) is 3.79. The molecule has 0 fully saturated rings. The van der Waals surface area contributed by atoms with Gasteiger partial charge in [-0.25, -0.2) is 0 Å². The van der Waals surface area contributed by atoms with Crippen LogP contribution >= 0.6 is 0 Å². The molecular formula is C55H38N2. The number of hydrogen-bond donors (Lipinski definition) is 0. The molecule has 0 amide bonds. The molecule has 1 aliphatic carbocycles. The molecule has 9 aromatic carbocycles. The van der Waals surface area contributed by atoms with Crippen LogP contribution in [-0.4, -0.2) is 4.57 Å². The highest BCUT2D eigenvalue weighted by molar-refractivity contribution is 6.16. The van der Waals surface area contributed by atoms with Gasteiger partial charge in [-0.2, -0.15) is 0 Å². The van der Waals surface area contributed by atoms with Crippen molar-refractivity contribution in [3.63, 3.8) is 0 Å². The number of fused-ring (bicyclic) bond motifs is 6. The molecule has 0 saturated heterocycles. The molecule has 0 bridgehead atoms. The van der Waals surface area contributed by atoms with Crippen molar-refractivity contribution in [1.82, 2.24) is 4.57 Å². The largest absolute Gasteiger partial charge is 0.310 e. The molecule has 0 atom stereocenters. The summed E-state index contributed by atoms with van der Waals surface area (Å²) < 4.78 is 2.42. The van der Waals surface area contributed by atoms with Crippen molar-refractivity contribution >= 4 is 38.9 Å². The monoisotopic (exact) mass is 726 g/mol. The SMILES string of the molecule is c1ccc(-c2cccc3c2c2ccc(N(c4ccccc4)c4ccc(C5(c6ccccc6)c6ccccc6-c6ccccc65)cc4)cc2n3-c2ccccc2)cc1. The van der Waals surface area contributed by atoms with Gasteiger partial charge in [-0.05, 0) is 99.1 Å². The van der Waals surface area contributed by atoms with E-state index in [9.17, 15) is 0 Å². The second-order valence-corrected chi connectivity index (χ2v) is 14.9. The number of para-hydroxylation sites is 2. The van der Waals surface area contributed by atoms with E-state index in [1.165, 1.54) is 60.8 Å². The molecule has 1 aliphatic rings. The molecule has 2 nitrogen and oxygen atoms in total. The summed E-state index contributed by atoms with van der Waals surface area (Å²) >= 11 is 0. The third-order valence-corrected chi connectivity index (χ3v) is 11.9. The maximum atomic E-state index is 2.42. The highest BCUT2D eigenvalue weighted by atomic mass is 15.1. The number of nitrogens with zero attached hydrogens (tertiary/aromatic N) is 2. The number of rotatable bonds is 7. The standard InChI is InChI=1S/C55H38N2/c1-5-18-39(19-6-1)46-28-17-31-52-54(46)49-37-36-45(38-53(49)57(52)43-24-11-4-12-25-43)56(42-22-9-3-10-23-42)44-34-32-41(33-35-44)55(40-20-7-2-8-21-40)50-29-15-13-26-47(50)48-27-14-16-30-51(48)55/h1-38H. The summed E-state index contributed by atoms with van der Waals surface area (Å²) in [6.07, 6.45) is 0. The normalized spacial score (nSPS) is 12.7. The number of hydrogen-bond acceptors (Lipinski definition) is 1. The summed E-state index contributed by atoms with van der Waals surface area (Å²) in [5, 5.41) is 2.48. The maximum absolute atomic E-state index is 2.42. The van der Waals surface area contributed by atoms with Crippen LogP contribution in [0.3, 0.4) is 0 Å². The molecule has 11 rings (SSSR count). The van der Waals surface area contributed by atoms with Crippen molar-refractivity contribution < 1.29 is 0 Å². The molecule has 0 unspecified atom stereocenters. The van der Waals surface area contributed by atoms with Gasteiger partial charge in [0, 0.05) is 33.5 Å². The summed E-state index contributed by atoms with van der Waals surface area (Å²) in [5.74, 6) is 0. The first kappa shape index (κ1) is 33.0. The minimum absolute atomic E-state index is 0.448. The lowest BCUT2D eigenvalue weighted by Crippen LogP contribution is -2.28. The van der Waals surface area contributed by atoms with Crippen LogP contribution in [0.1, 0.15) is 22.3 Å². The van der Waals surface area contributed by atoms with Crippen LogP contribution in [-0.2, 0) is 5.41 Å². The lowest BCUT2D eigenvalue weighted by Gasteiger charge is -2.34. The van der Waals surface area contributed by atoms with E-state index >= 15 is 0 Å². The van der Waals surface area contributed by atoms with Crippen LogP contribution in [0.15, 0.2) is 231 Å². The Hall–Kier alpha value is -7.42. The van der Waals surface area contributed by atoms with Crippen molar-refractivity contribution in [2.24, 2.45) is 0 Å². The van der Waals surface area contributed by atoms with Crippen molar-refractivity contribution in [2.45, 2.75) is 5.41 Å². The Kier molecular flexibility index (Phi) is 7.75. The predicted molar refractivity (Wildman–Crippen MR) is 238 cm³/mol. The zero-order valence-electron chi connectivity index (χ0n) is 31.3. The lowest BCUT2D eigenvalue weighted by molar-refractivity contribution is 0.768. The second kappa shape index (κ2) is 13.4. The first-order valence-corrected chi connectivity index (χ1v) is 19.7. The van der Waals surface area contributed by atoms with E-state index in [-0.39, 0.29) is 0 Å². The minimum atomic E-state index is -0.448. The maximum Gasteiger partial charge on any atom is 0.0713 e. The Labute approximate surface area is 333 Å². The van der Waals surface area contributed by atoms with Gasteiger partial charge in [0.2, 0.25) is 0 Å². The molecule has 2 heteroatoms. The van der Waals surface area contributed by atoms with E-state index in [1.54, 1.807) is 0 Å². The third-order valence-electron chi connectivity index (χ3n) is 11.9. The molecule has 57 heavy (non-hydrogen) atoms. The molecule has 0 aliphatic heterocycles. The van der Waals surface area contributed by atoms with E-state index in [1.807, 2.05) is 0 Å². The quantitative estimate of drug-likeness (QED) is 0.159. The Morgan fingerprint density at radius 1 is 0.351 bits per heavy atom. The number of aromatic nitrogens is 1. The summed E-state index contributed by atoms with van der Waals surface area (Å²) in [6, 6.07) is 84.1. The summed E-state index contributed by atoms with van der Waals surface area (Å²) in [5.41, 5.74) is 16.5. The molecule has 10 aromatic rings. The van der Waals surface area contributed by atoms with E-state index in [0.29, 0.717) is 0 Å². The van der Waals surface area contributed by atoms with Gasteiger partial charge < -0.3 is 9.47 Å². The Morgan fingerprint density at radius 3 is 1.53 bits per heavy atom. The first-order chi connectivity index (χ1) is 28.3. The highest BCUT2D eigenvalue weighted by Crippen LogP contribution is 2.56. The molecule has 0 N–H and O–H groups in total. The van der Waals surface area contributed by atoms with Crippen molar-refractivity contribution in [3.8, 4) is 27.9 Å². The Bertz CT molecular complexity index is 2990. The van der Waals surface area contributed by atoms with Crippen LogP contribution in [0.25, 0.3) is 49.7 Å². The van der Waals surface area contributed by atoms with Crippen LogP contribution in [0.5, 0.6) is 0 Å². The fourth-order valence-electron chi connectivity index (χ4n) is 9.50. The van der Waals surface area contributed by atoms with Crippen LogP contribution in [0.4, 0.5) is 17.1 Å².